The molecule has 0 atom stereocenters. The molecule has 0 radical (unpaired) electrons. The van der Waals surface area contributed by atoms with E-state index in [2.05, 4.69) is 138 Å². The third-order valence-corrected chi connectivity index (χ3v) is 11.5. The van der Waals surface area contributed by atoms with Crippen molar-refractivity contribution < 1.29 is 24.2 Å². The molecule has 0 aliphatic carbocycles. The molecule has 6 aromatic heterocycles. The summed E-state index contributed by atoms with van der Waals surface area (Å²) in [6.07, 6.45) is 11.4. The van der Waals surface area contributed by atoms with Gasteiger partial charge in [-0.05, 0) is 60.8 Å². The molecule has 64 heavy (non-hydrogen) atoms. The van der Waals surface area contributed by atoms with Crippen LogP contribution in [0.25, 0.3) is 56.4 Å². The molecule has 6 heterocycles. The molecule has 8 aromatic rings. The number of carbonyl (C=O) groups excluding carboxylic acids is 1. The molecule has 0 aliphatic heterocycles. The van der Waals surface area contributed by atoms with E-state index in [1.54, 1.807) is 62.4 Å². The molecule has 328 valence electrons. The SMILES string of the molecule is Brc1cnc(Br)cn1.CCOC(=O)c1nn(COCC[Si](C)(C)C)nc1-c1ccc(-c2cnc(Br)cn2)cc1.O=C(O)c1n[nH]nc1-c1ccc(-c2cnc(-c3cn[nH]n3)cn2)cc1. The van der Waals surface area contributed by atoms with Crippen molar-refractivity contribution in [2.45, 2.75) is 39.3 Å². The second-order valence-corrected chi connectivity index (χ2v) is 22.4. The number of halogens is 3. The molecule has 3 N–H and O–H groups in total. The van der Waals surface area contributed by atoms with Gasteiger partial charge in [-0.2, -0.15) is 35.6 Å². The number of carbonyl (C=O) groups is 2. The highest BCUT2D eigenvalue weighted by Gasteiger charge is 2.22. The zero-order valence-electron chi connectivity index (χ0n) is 34.5. The van der Waals surface area contributed by atoms with Crippen LogP contribution in [0.1, 0.15) is 27.9 Å². The Bertz CT molecular complexity index is 2710. The predicted octanol–water partition coefficient (Wildman–Crippen LogP) is 8.07. The Labute approximate surface area is 391 Å². The Kier molecular flexibility index (Phi) is 16.4. The van der Waals surface area contributed by atoms with Crippen LogP contribution in [0.4, 0.5) is 0 Å². The Hall–Kier alpha value is -6.34. The van der Waals surface area contributed by atoms with E-state index in [9.17, 15) is 9.59 Å². The van der Waals surface area contributed by atoms with Gasteiger partial charge in [0.25, 0.3) is 0 Å². The fraction of sp³-hybridized carbons (Fsp3) is 0.200. The first-order chi connectivity index (χ1) is 30.8. The van der Waals surface area contributed by atoms with Crippen LogP contribution in [-0.2, 0) is 16.2 Å². The Morgan fingerprint density at radius 3 is 1.66 bits per heavy atom. The first-order valence-corrected chi connectivity index (χ1v) is 25.2. The van der Waals surface area contributed by atoms with Crippen LogP contribution >= 0.6 is 47.8 Å². The number of hydrogen-bond acceptors (Lipinski definition) is 16. The zero-order chi connectivity index (χ0) is 45.6. The summed E-state index contributed by atoms with van der Waals surface area (Å²) in [5.74, 6) is -1.64. The van der Waals surface area contributed by atoms with Crippen molar-refractivity contribution >= 4 is 67.8 Å². The Morgan fingerprint density at radius 2 is 1.16 bits per heavy atom. The van der Waals surface area contributed by atoms with Gasteiger partial charge in [0.15, 0.2) is 18.1 Å². The van der Waals surface area contributed by atoms with Crippen molar-refractivity contribution in [3.8, 4) is 56.4 Å². The highest BCUT2D eigenvalue weighted by Crippen LogP contribution is 2.27. The molecule has 20 nitrogen and oxygen atoms in total. The van der Waals surface area contributed by atoms with Gasteiger partial charge in [-0.25, -0.2) is 24.5 Å². The van der Waals surface area contributed by atoms with Crippen LogP contribution in [-0.4, -0.2) is 114 Å². The van der Waals surface area contributed by atoms with Crippen LogP contribution in [0.2, 0.25) is 25.7 Å². The number of carboxylic acids is 1. The summed E-state index contributed by atoms with van der Waals surface area (Å²) in [7, 11) is -1.18. The van der Waals surface area contributed by atoms with E-state index < -0.39 is 20.0 Å². The van der Waals surface area contributed by atoms with Gasteiger partial charge in [-0.3, -0.25) is 15.0 Å². The third-order valence-electron chi connectivity index (χ3n) is 8.52. The summed E-state index contributed by atoms with van der Waals surface area (Å²) in [4.78, 5) is 50.0. The van der Waals surface area contributed by atoms with E-state index in [0.717, 1.165) is 37.6 Å². The third kappa shape index (κ3) is 13.3. The molecule has 0 saturated heterocycles. The first kappa shape index (κ1) is 47.1. The standard InChI is InChI=1S/C21H26BrN5O3Si.C15H10N8O2.C4H2Br2N2/c1-5-30-21(28)20-19(25-27(26-20)14-29-10-11-31(2,3)4)16-8-6-15(7-9-16)17-12-24-18(22)13-23-17;24-15(25)14-13(20-23-21-14)9-3-1-8(2-4-9)10-5-17-11(6-16-10)12-7-18-22-19-12;5-3-1-7-4(6)2-8-3/h6-9,12-13H,5,10-11,14H2,1-4H3;1-7H,(H,24,25)(H,18,19,22)(H,20,21,23);1-2H. The molecule has 0 unspecified atom stereocenters. The van der Waals surface area contributed by atoms with Gasteiger partial charge in [-0.1, -0.05) is 68.2 Å². The minimum atomic E-state index is -1.18. The minimum Gasteiger partial charge on any atom is -0.476 e. The molecule has 0 spiro atoms. The number of aromatic carboxylic acids is 1. The van der Waals surface area contributed by atoms with Gasteiger partial charge in [0.2, 0.25) is 0 Å². The maximum atomic E-state index is 12.4. The highest BCUT2D eigenvalue weighted by molar-refractivity contribution is 9.11. The second-order valence-electron chi connectivity index (χ2n) is 14.3. The van der Waals surface area contributed by atoms with E-state index in [0.29, 0.717) is 39.5 Å². The molecule has 0 saturated carbocycles. The lowest BCUT2D eigenvalue weighted by Crippen LogP contribution is -2.22. The number of esters is 1. The maximum Gasteiger partial charge on any atom is 0.361 e. The maximum absolute atomic E-state index is 12.4. The molecule has 0 aliphatic rings. The molecular formula is C40H38Br3N15O5Si. The molecular weight excluding hydrogens is 1040 g/mol. The summed E-state index contributed by atoms with van der Waals surface area (Å²) >= 11 is 9.59. The van der Waals surface area contributed by atoms with E-state index in [4.69, 9.17) is 14.6 Å². The first-order valence-electron chi connectivity index (χ1n) is 19.1. The number of hydrogen-bond donors (Lipinski definition) is 3. The van der Waals surface area contributed by atoms with Crippen molar-refractivity contribution in [3.63, 3.8) is 0 Å². The predicted molar refractivity (Wildman–Crippen MR) is 247 cm³/mol. The van der Waals surface area contributed by atoms with Gasteiger partial charge in [0, 0.05) is 36.9 Å². The van der Waals surface area contributed by atoms with Crippen molar-refractivity contribution in [2.24, 2.45) is 0 Å². The number of rotatable bonds is 13. The van der Waals surface area contributed by atoms with Gasteiger partial charge in [0.05, 0.1) is 61.4 Å². The van der Waals surface area contributed by atoms with Crippen molar-refractivity contribution in [1.82, 2.24) is 75.7 Å². The minimum absolute atomic E-state index is 0.121. The lowest BCUT2D eigenvalue weighted by molar-refractivity contribution is 0.0507. The fourth-order valence-corrected chi connectivity index (χ4v) is 6.70. The number of ether oxygens (including phenoxy) is 2. The summed E-state index contributed by atoms with van der Waals surface area (Å²) in [6.45, 7) is 9.73. The van der Waals surface area contributed by atoms with Gasteiger partial charge in [-0.15, -0.1) is 10.2 Å². The smallest absolute Gasteiger partial charge is 0.361 e. The monoisotopic (exact) mass is 1070 g/mol. The van der Waals surface area contributed by atoms with Crippen LogP contribution in [0.15, 0.2) is 106 Å². The topological polar surface area (TPSA) is 264 Å². The van der Waals surface area contributed by atoms with E-state index in [1.807, 2.05) is 36.4 Å². The van der Waals surface area contributed by atoms with Crippen molar-refractivity contribution in [2.75, 3.05) is 13.2 Å². The van der Waals surface area contributed by atoms with Crippen LogP contribution in [0, 0.1) is 0 Å². The molecule has 24 heteroatoms. The second kappa shape index (κ2) is 22.3. The molecule has 0 bridgehead atoms. The van der Waals surface area contributed by atoms with Crippen LogP contribution < -0.4 is 0 Å². The Morgan fingerprint density at radius 1 is 0.625 bits per heavy atom. The van der Waals surface area contributed by atoms with E-state index in [1.165, 1.54) is 4.80 Å². The average molecular weight is 1080 g/mol. The molecule has 2 aromatic carbocycles. The number of H-pyrrole nitrogens is 2. The lowest BCUT2D eigenvalue weighted by Gasteiger charge is -2.14. The van der Waals surface area contributed by atoms with Crippen molar-refractivity contribution in [1.29, 1.82) is 0 Å². The zero-order valence-corrected chi connectivity index (χ0v) is 40.3. The summed E-state index contributed by atoms with van der Waals surface area (Å²) in [5.41, 5.74) is 6.59. The van der Waals surface area contributed by atoms with Gasteiger partial charge < -0.3 is 14.6 Å². The number of nitrogens with zero attached hydrogens (tertiary/aromatic N) is 13. The highest BCUT2D eigenvalue weighted by atomic mass is 79.9. The quantitative estimate of drug-likeness (QED) is 0.0560. The van der Waals surface area contributed by atoms with Crippen LogP contribution in [0.5, 0.6) is 0 Å². The summed E-state index contributed by atoms with van der Waals surface area (Å²) < 4.78 is 13.1. The lowest BCUT2D eigenvalue weighted by atomic mass is 10.1. The number of benzene rings is 2. The molecule has 0 fully saturated rings. The van der Waals surface area contributed by atoms with Crippen LogP contribution in [0.3, 0.4) is 0 Å². The summed E-state index contributed by atoms with van der Waals surface area (Å²) in [5, 5.41) is 38.0. The number of nitrogens with one attached hydrogen (secondary N) is 2. The molecule has 8 rings (SSSR count). The number of aromatic nitrogens is 15. The normalized spacial score (nSPS) is 10.9. The van der Waals surface area contributed by atoms with Gasteiger partial charge in [0.1, 0.15) is 36.6 Å². The molecule has 0 amide bonds. The fourth-order valence-electron chi connectivity index (χ4n) is 5.33. The van der Waals surface area contributed by atoms with Gasteiger partial charge >= 0.3 is 11.9 Å². The van der Waals surface area contributed by atoms with E-state index >= 15 is 0 Å². The summed E-state index contributed by atoms with van der Waals surface area (Å²) in [6, 6.07) is 15.8. The Balaban J connectivity index is 0.000000183. The van der Waals surface area contributed by atoms with E-state index in [-0.39, 0.29) is 30.4 Å². The average Bonchev–Trinajstić information content (AvgIpc) is 4.10. The van der Waals surface area contributed by atoms with Crippen molar-refractivity contribution in [3.05, 3.63) is 117 Å². The number of aromatic amines is 2. The number of carboxylic acid groups (broad SMARTS) is 1. The largest absolute Gasteiger partial charge is 0.476 e.